The third-order valence-corrected chi connectivity index (χ3v) is 3.95. The highest BCUT2D eigenvalue weighted by atomic mass is 16.5. The van der Waals surface area contributed by atoms with Gasteiger partial charge in [0.25, 0.3) is 0 Å². The second kappa shape index (κ2) is 5.36. The number of hydrogen-bond donors (Lipinski definition) is 1. The van der Waals surface area contributed by atoms with Crippen LogP contribution in [-0.2, 0) is 21.5 Å². The van der Waals surface area contributed by atoms with Gasteiger partial charge in [-0.05, 0) is 33.6 Å². The minimum absolute atomic E-state index is 0.123. The van der Waals surface area contributed by atoms with Crippen molar-refractivity contribution in [3.05, 3.63) is 27.4 Å². The van der Waals surface area contributed by atoms with E-state index in [4.69, 9.17) is 9.84 Å². The van der Waals surface area contributed by atoms with Crippen LogP contribution in [0.2, 0.25) is 0 Å². The van der Waals surface area contributed by atoms with Crippen molar-refractivity contribution in [1.82, 2.24) is 9.55 Å². The smallest absolute Gasteiger partial charge is 0.348 e. The van der Waals surface area contributed by atoms with Gasteiger partial charge in [-0.3, -0.25) is 9.36 Å². The predicted octanol–water partition coefficient (Wildman–Crippen LogP) is 1.01. The van der Waals surface area contributed by atoms with Gasteiger partial charge in [-0.15, -0.1) is 0 Å². The summed E-state index contributed by atoms with van der Waals surface area (Å²) in [6, 6.07) is 0. The first-order chi connectivity index (χ1) is 9.35. The van der Waals surface area contributed by atoms with Crippen LogP contribution in [0.3, 0.4) is 0 Å². The highest BCUT2D eigenvalue weighted by molar-refractivity contribution is 5.70. The Morgan fingerprint density at radius 2 is 2.20 bits per heavy atom. The number of aliphatic carboxylic acids is 1. The van der Waals surface area contributed by atoms with Gasteiger partial charge >= 0.3 is 11.7 Å². The van der Waals surface area contributed by atoms with Gasteiger partial charge in [-0.2, -0.15) is 4.98 Å². The molecule has 2 heterocycles. The van der Waals surface area contributed by atoms with Gasteiger partial charge in [0.1, 0.15) is 0 Å². The number of aryl methyl sites for hydroxylation is 1. The monoisotopic (exact) mass is 280 g/mol. The first kappa shape index (κ1) is 14.7. The number of carboxylic acid groups (broad SMARTS) is 1. The molecule has 1 saturated heterocycles. The van der Waals surface area contributed by atoms with Crippen molar-refractivity contribution in [1.29, 1.82) is 0 Å². The topological polar surface area (TPSA) is 81.4 Å². The molecular formula is C14H20N2O4. The Morgan fingerprint density at radius 3 is 2.75 bits per heavy atom. The zero-order valence-electron chi connectivity index (χ0n) is 12.1. The van der Waals surface area contributed by atoms with Crippen LogP contribution in [0.5, 0.6) is 0 Å². The second-order valence-corrected chi connectivity index (χ2v) is 5.60. The van der Waals surface area contributed by atoms with Crippen molar-refractivity contribution >= 4 is 5.97 Å². The summed E-state index contributed by atoms with van der Waals surface area (Å²) < 4.78 is 7.11. The van der Waals surface area contributed by atoms with Gasteiger partial charge < -0.3 is 9.84 Å². The molecule has 1 fully saturated rings. The molecule has 0 radical (unpaired) electrons. The van der Waals surface area contributed by atoms with E-state index < -0.39 is 11.5 Å². The van der Waals surface area contributed by atoms with Gasteiger partial charge in [-0.25, -0.2) is 4.79 Å². The second-order valence-electron chi connectivity index (χ2n) is 5.60. The Labute approximate surface area is 117 Å². The van der Waals surface area contributed by atoms with E-state index in [0.29, 0.717) is 30.2 Å². The molecule has 1 atom stereocenters. The predicted molar refractivity (Wildman–Crippen MR) is 73.0 cm³/mol. The van der Waals surface area contributed by atoms with Crippen LogP contribution < -0.4 is 5.69 Å². The van der Waals surface area contributed by atoms with Gasteiger partial charge in [-0.1, -0.05) is 0 Å². The van der Waals surface area contributed by atoms with Crippen LogP contribution in [0.15, 0.2) is 4.79 Å². The molecule has 6 heteroatoms. The highest BCUT2D eigenvalue weighted by Crippen LogP contribution is 2.27. The molecule has 20 heavy (non-hydrogen) atoms. The number of nitrogens with zero attached hydrogens (tertiary/aromatic N) is 2. The largest absolute Gasteiger partial charge is 0.481 e. The van der Waals surface area contributed by atoms with E-state index in [-0.39, 0.29) is 12.1 Å². The molecule has 1 aromatic heterocycles. The van der Waals surface area contributed by atoms with E-state index >= 15 is 0 Å². The van der Waals surface area contributed by atoms with Crippen LogP contribution in [0.4, 0.5) is 0 Å². The van der Waals surface area contributed by atoms with Crippen molar-refractivity contribution in [3.8, 4) is 0 Å². The normalized spacial score (nSPS) is 22.8. The van der Waals surface area contributed by atoms with E-state index in [1.807, 2.05) is 6.92 Å². The third-order valence-electron chi connectivity index (χ3n) is 3.95. The molecule has 1 unspecified atom stereocenters. The van der Waals surface area contributed by atoms with Crippen molar-refractivity contribution < 1.29 is 14.6 Å². The lowest BCUT2D eigenvalue weighted by Crippen LogP contribution is -2.47. The fourth-order valence-electron chi connectivity index (χ4n) is 2.94. The number of aromatic nitrogens is 2. The minimum atomic E-state index is -0.923. The van der Waals surface area contributed by atoms with E-state index in [2.05, 4.69) is 4.98 Å². The number of ether oxygens (including phenoxy) is 1. The molecule has 1 aromatic rings. The first-order valence-electron chi connectivity index (χ1n) is 6.74. The van der Waals surface area contributed by atoms with E-state index in [1.165, 1.54) is 0 Å². The summed E-state index contributed by atoms with van der Waals surface area (Å²) in [4.78, 5) is 27.2. The van der Waals surface area contributed by atoms with Crippen LogP contribution in [0.1, 0.15) is 36.7 Å². The standard InChI is InChI=1S/C14H20N2O4/c1-9-11(7-12(17)18)10(2)16(13(19)15-9)14(3)5-4-6-20-8-14/h4-8H2,1-3H3,(H,17,18). The fourth-order valence-corrected chi connectivity index (χ4v) is 2.94. The lowest BCUT2D eigenvalue weighted by molar-refractivity contribution is -0.136. The third kappa shape index (κ3) is 2.60. The molecule has 2 rings (SSSR count). The van der Waals surface area contributed by atoms with Gasteiger partial charge in [0, 0.05) is 23.6 Å². The molecule has 0 spiro atoms. The molecule has 6 nitrogen and oxygen atoms in total. The molecule has 0 bridgehead atoms. The molecule has 0 aromatic carbocycles. The Kier molecular flexibility index (Phi) is 3.94. The lowest BCUT2D eigenvalue weighted by atomic mass is 9.93. The van der Waals surface area contributed by atoms with Gasteiger partial charge in [0.2, 0.25) is 0 Å². The molecule has 1 aliphatic heterocycles. The Morgan fingerprint density at radius 1 is 1.50 bits per heavy atom. The Balaban J connectivity index is 2.58. The summed E-state index contributed by atoms with van der Waals surface area (Å²) in [6.45, 7) is 6.57. The molecule has 0 amide bonds. The van der Waals surface area contributed by atoms with Crippen LogP contribution in [0, 0.1) is 13.8 Å². The minimum Gasteiger partial charge on any atom is -0.481 e. The molecule has 1 aliphatic rings. The number of hydrogen-bond acceptors (Lipinski definition) is 4. The zero-order valence-corrected chi connectivity index (χ0v) is 12.1. The Bertz CT molecular complexity index is 586. The van der Waals surface area contributed by atoms with Crippen LogP contribution in [0.25, 0.3) is 0 Å². The van der Waals surface area contributed by atoms with Gasteiger partial charge in [0.15, 0.2) is 0 Å². The van der Waals surface area contributed by atoms with Gasteiger partial charge in [0.05, 0.1) is 18.6 Å². The molecule has 0 aliphatic carbocycles. The lowest BCUT2D eigenvalue weighted by Gasteiger charge is -2.36. The summed E-state index contributed by atoms with van der Waals surface area (Å²) in [5.74, 6) is -0.923. The SMILES string of the molecule is Cc1nc(=O)n(C2(C)CCCOC2)c(C)c1CC(=O)O. The number of carboxylic acids is 1. The quantitative estimate of drug-likeness (QED) is 0.893. The summed E-state index contributed by atoms with van der Waals surface area (Å²) in [7, 11) is 0. The van der Waals surface area contributed by atoms with Crippen molar-refractivity contribution in [2.75, 3.05) is 13.2 Å². The van der Waals surface area contributed by atoms with Crippen LogP contribution in [-0.4, -0.2) is 33.8 Å². The zero-order chi connectivity index (χ0) is 14.9. The fraction of sp³-hybridized carbons (Fsp3) is 0.643. The average molecular weight is 280 g/mol. The van der Waals surface area contributed by atoms with E-state index in [0.717, 1.165) is 12.8 Å². The van der Waals surface area contributed by atoms with E-state index in [9.17, 15) is 9.59 Å². The summed E-state index contributed by atoms with van der Waals surface area (Å²) in [6.07, 6.45) is 1.58. The number of carbonyl (C=O) groups is 1. The maximum Gasteiger partial charge on any atom is 0.348 e. The molecule has 0 saturated carbocycles. The maximum absolute atomic E-state index is 12.3. The molecular weight excluding hydrogens is 260 g/mol. The van der Waals surface area contributed by atoms with Crippen molar-refractivity contribution in [3.63, 3.8) is 0 Å². The summed E-state index contributed by atoms with van der Waals surface area (Å²) in [5.41, 5.74) is 1.00. The summed E-state index contributed by atoms with van der Waals surface area (Å²) >= 11 is 0. The average Bonchev–Trinajstić information content (AvgIpc) is 2.34. The number of rotatable bonds is 3. The molecule has 110 valence electrons. The summed E-state index contributed by atoms with van der Waals surface area (Å²) in [5, 5.41) is 9.01. The molecule has 1 N–H and O–H groups in total. The van der Waals surface area contributed by atoms with Crippen molar-refractivity contribution in [2.45, 2.75) is 45.6 Å². The van der Waals surface area contributed by atoms with Crippen LogP contribution >= 0.6 is 0 Å². The highest BCUT2D eigenvalue weighted by Gasteiger charge is 2.33. The Hall–Kier alpha value is -1.69. The first-order valence-corrected chi connectivity index (χ1v) is 6.74. The van der Waals surface area contributed by atoms with E-state index in [1.54, 1.807) is 18.4 Å². The maximum atomic E-state index is 12.3. The van der Waals surface area contributed by atoms with Crippen molar-refractivity contribution in [2.24, 2.45) is 0 Å².